The van der Waals surface area contributed by atoms with Gasteiger partial charge in [-0.1, -0.05) is 0 Å². The van der Waals surface area contributed by atoms with Gasteiger partial charge in [0.2, 0.25) is 0 Å². The summed E-state index contributed by atoms with van der Waals surface area (Å²) in [4.78, 5) is 7.04. The summed E-state index contributed by atoms with van der Waals surface area (Å²) in [6.45, 7) is 2.89. The molecule has 2 aromatic heterocycles. The number of aliphatic hydroxyl groups excluding tert-OH is 1. The van der Waals surface area contributed by atoms with Crippen LogP contribution in [-0.2, 0) is 6.54 Å². The quantitative estimate of drug-likeness (QED) is 0.707. The van der Waals surface area contributed by atoms with Crippen LogP contribution in [0.25, 0.3) is 0 Å². The fourth-order valence-electron chi connectivity index (χ4n) is 1.46. The van der Waals surface area contributed by atoms with Crippen LogP contribution in [0.1, 0.15) is 23.4 Å². The number of nitrogens with one attached hydrogen (secondary N) is 2. The molecule has 0 aliphatic rings. The van der Waals surface area contributed by atoms with Crippen LogP contribution < -0.4 is 5.32 Å². The fourth-order valence-corrected chi connectivity index (χ4v) is 1.46. The average Bonchev–Trinajstić information content (AvgIpc) is 2.89. The number of aromatic nitrogens is 2. The van der Waals surface area contributed by atoms with Crippen LogP contribution in [0.2, 0.25) is 0 Å². The molecule has 0 amide bonds. The Morgan fingerprint density at radius 2 is 2.44 bits per heavy atom. The maximum Gasteiger partial charge on any atom is 0.133 e. The maximum absolute atomic E-state index is 9.78. The second-order valence-corrected chi connectivity index (χ2v) is 3.63. The van der Waals surface area contributed by atoms with E-state index in [0.717, 1.165) is 11.6 Å². The summed E-state index contributed by atoms with van der Waals surface area (Å²) >= 11 is 0. The summed E-state index contributed by atoms with van der Waals surface area (Å²) in [6.07, 6.45) is 2.84. The van der Waals surface area contributed by atoms with Crippen LogP contribution in [0.5, 0.6) is 0 Å². The Bertz CT molecular complexity index is 422. The molecule has 5 heteroatoms. The lowest BCUT2D eigenvalue weighted by Crippen LogP contribution is -2.21. The SMILES string of the molecule is Cc1ccc(C(O)CNCc2ncc[nH]2)o1. The zero-order valence-electron chi connectivity index (χ0n) is 9.10. The summed E-state index contributed by atoms with van der Waals surface area (Å²) in [5, 5.41) is 12.9. The van der Waals surface area contributed by atoms with Crippen molar-refractivity contribution in [2.45, 2.75) is 19.6 Å². The van der Waals surface area contributed by atoms with Gasteiger partial charge in [-0.3, -0.25) is 0 Å². The van der Waals surface area contributed by atoms with Gasteiger partial charge < -0.3 is 19.8 Å². The van der Waals surface area contributed by atoms with Crippen molar-refractivity contribution in [3.8, 4) is 0 Å². The minimum absolute atomic E-state index is 0.438. The molecule has 0 aliphatic carbocycles. The molecule has 0 spiro atoms. The van der Waals surface area contributed by atoms with Crippen molar-refractivity contribution in [1.29, 1.82) is 0 Å². The normalized spacial score (nSPS) is 12.9. The summed E-state index contributed by atoms with van der Waals surface area (Å²) < 4.78 is 5.32. The van der Waals surface area contributed by atoms with Crippen LogP contribution in [0.15, 0.2) is 28.9 Å². The zero-order valence-corrected chi connectivity index (χ0v) is 9.10. The first kappa shape index (κ1) is 10.9. The molecule has 0 aliphatic heterocycles. The predicted octanol–water partition coefficient (Wildman–Crippen LogP) is 1.13. The largest absolute Gasteiger partial charge is 0.464 e. The van der Waals surface area contributed by atoms with E-state index in [1.807, 2.05) is 13.0 Å². The highest BCUT2D eigenvalue weighted by atomic mass is 16.4. The number of imidazole rings is 1. The molecule has 1 unspecified atom stereocenters. The van der Waals surface area contributed by atoms with Gasteiger partial charge in [0.25, 0.3) is 0 Å². The average molecular weight is 221 g/mol. The van der Waals surface area contributed by atoms with Gasteiger partial charge in [0.15, 0.2) is 0 Å². The first-order valence-electron chi connectivity index (χ1n) is 5.19. The van der Waals surface area contributed by atoms with E-state index >= 15 is 0 Å². The van der Waals surface area contributed by atoms with Crippen molar-refractivity contribution in [2.75, 3.05) is 6.54 Å². The second kappa shape index (κ2) is 4.96. The molecule has 5 nitrogen and oxygen atoms in total. The molecular weight excluding hydrogens is 206 g/mol. The van der Waals surface area contributed by atoms with Gasteiger partial charge in [-0.15, -0.1) is 0 Å². The molecule has 0 radical (unpaired) electrons. The van der Waals surface area contributed by atoms with Gasteiger partial charge in [0.1, 0.15) is 23.4 Å². The molecule has 1 atom stereocenters. The van der Waals surface area contributed by atoms with Gasteiger partial charge >= 0.3 is 0 Å². The van der Waals surface area contributed by atoms with Gasteiger partial charge in [0.05, 0.1) is 6.54 Å². The Morgan fingerprint density at radius 3 is 3.06 bits per heavy atom. The van der Waals surface area contributed by atoms with Crippen LogP contribution in [0.4, 0.5) is 0 Å². The van der Waals surface area contributed by atoms with E-state index in [4.69, 9.17) is 4.42 Å². The summed E-state index contributed by atoms with van der Waals surface area (Å²) in [6, 6.07) is 3.62. The van der Waals surface area contributed by atoms with Crippen LogP contribution in [0.3, 0.4) is 0 Å². The molecule has 2 aromatic rings. The number of furan rings is 1. The minimum Gasteiger partial charge on any atom is -0.464 e. The number of hydrogen-bond acceptors (Lipinski definition) is 4. The monoisotopic (exact) mass is 221 g/mol. The molecule has 0 aromatic carbocycles. The van der Waals surface area contributed by atoms with Gasteiger partial charge in [0, 0.05) is 18.9 Å². The van der Waals surface area contributed by atoms with Gasteiger partial charge in [-0.25, -0.2) is 4.98 Å². The number of hydrogen-bond donors (Lipinski definition) is 3. The molecule has 0 saturated carbocycles. The molecule has 2 rings (SSSR count). The van der Waals surface area contributed by atoms with Crippen molar-refractivity contribution in [3.63, 3.8) is 0 Å². The van der Waals surface area contributed by atoms with E-state index in [1.165, 1.54) is 0 Å². The summed E-state index contributed by atoms with van der Waals surface area (Å²) in [5.74, 6) is 2.24. The highest BCUT2D eigenvalue weighted by molar-refractivity contribution is 5.08. The van der Waals surface area contributed by atoms with E-state index in [1.54, 1.807) is 18.5 Å². The smallest absolute Gasteiger partial charge is 0.133 e. The molecule has 86 valence electrons. The number of aryl methyl sites for hydroxylation is 1. The van der Waals surface area contributed by atoms with Crippen molar-refractivity contribution in [3.05, 3.63) is 41.9 Å². The Balaban J connectivity index is 1.78. The Labute approximate surface area is 93.5 Å². The standard InChI is InChI=1S/C11H15N3O2/c1-8-2-3-10(16-8)9(15)6-12-7-11-13-4-5-14-11/h2-5,9,12,15H,6-7H2,1H3,(H,13,14). The van der Waals surface area contributed by atoms with E-state index in [-0.39, 0.29) is 0 Å². The third-order valence-electron chi connectivity index (χ3n) is 2.27. The second-order valence-electron chi connectivity index (χ2n) is 3.63. The van der Waals surface area contributed by atoms with E-state index in [2.05, 4.69) is 15.3 Å². The highest BCUT2D eigenvalue weighted by Crippen LogP contribution is 2.14. The van der Waals surface area contributed by atoms with E-state index in [0.29, 0.717) is 18.8 Å². The summed E-state index contributed by atoms with van der Waals surface area (Å²) in [5.41, 5.74) is 0. The van der Waals surface area contributed by atoms with Crippen molar-refractivity contribution in [2.24, 2.45) is 0 Å². The maximum atomic E-state index is 9.78. The molecule has 0 fully saturated rings. The Hall–Kier alpha value is -1.59. The number of aromatic amines is 1. The lowest BCUT2D eigenvalue weighted by atomic mass is 10.3. The number of H-pyrrole nitrogens is 1. The molecular formula is C11H15N3O2. The fraction of sp³-hybridized carbons (Fsp3) is 0.364. The van der Waals surface area contributed by atoms with Gasteiger partial charge in [-0.2, -0.15) is 0 Å². The van der Waals surface area contributed by atoms with Crippen LogP contribution in [0, 0.1) is 6.92 Å². The zero-order chi connectivity index (χ0) is 11.4. The third-order valence-corrected chi connectivity index (χ3v) is 2.27. The van der Waals surface area contributed by atoms with E-state index in [9.17, 15) is 5.11 Å². The van der Waals surface area contributed by atoms with Crippen molar-refractivity contribution in [1.82, 2.24) is 15.3 Å². The molecule has 2 heterocycles. The summed E-state index contributed by atoms with van der Waals surface area (Å²) in [7, 11) is 0. The Kier molecular flexibility index (Phi) is 3.38. The molecule has 0 bridgehead atoms. The number of aliphatic hydroxyl groups is 1. The van der Waals surface area contributed by atoms with Gasteiger partial charge in [-0.05, 0) is 19.1 Å². The Morgan fingerprint density at radius 1 is 1.56 bits per heavy atom. The predicted molar refractivity (Wildman–Crippen MR) is 58.7 cm³/mol. The van der Waals surface area contributed by atoms with Crippen molar-refractivity contribution >= 4 is 0 Å². The first-order chi connectivity index (χ1) is 7.75. The van der Waals surface area contributed by atoms with Crippen LogP contribution in [-0.4, -0.2) is 21.6 Å². The first-order valence-corrected chi connectivity index (χ1v) is 5.19. The topological polar surface area (TPSA) is 74.1 Å². The highest BCUT2D eigenvalue weighted by Gasteiger charge is 2.10. The lowest BCUT2D eigenvalue weighted by molar-refractivity contribution is 0.145. The number of nitrogens with zero attached hydrogens (tertiary/aromatic N) is 1. The van der Waals surface area contributed by atoms with Crippen molar-refractivity contribution < 1.29 is 9.52 Å². The number of rotatable bonds is 5. The molecule has 3 N–H and O–H groups in total. The van der Waals surface area contributed by atoms with Crippen LogP contribution >= 0.6 is 0 Å². The molecule has 16 heavy (non-hydrogen) atoms. The molecule has 0 saturated heterocycles. The third kappa shape index (κ3) is 2.71. The van der Waals surface area contributed by atoms with E-state index < -0.39 is 6.10 Å². The lowest BCUT2D eigenvalue weighted by Gasteiger charge is -2.08. The minimum atomic E-state index is -0.622.